The number of aryl methyl sites for hydroxylation is 1. The maximum atomic E-state index is 14.1. The van der Waals surface area contributed by atoms with E-state index in [-0.39, 0.29) is 24.6 Å². The lowest BCUT2D eigenvalue weighted by atomic mass is 10.0. The zero-order valence-electron chi connectivity index (χ0n) is 23.0. The lowest BCUT2D eigenvalue weighted by Crippen LogP contribution is -2.53. The van der Waals surface area contributed by atoms with Gasteiger partial charge in [-0.1, -0.05) is 73.7 Å². The molecule has 0 spiro atoms. The van der Waals surface area contributed by atoms with Crippen molar-refractivity contribution in [3.63, 3.8) is 0 Å². The molecule has 1 N–H and O–H groups in total. The van der Waals surface area contributed by atoms with Gasteiger partial charge in [0, 0.05) is 19.5 Å². The largest absolute Gasteiger partial charge is 0.495 e. The summed E-state index contributed by atoms with van der Waals surface area (Å²) in [5.41, 5.74) is 2.79. The highest BCUT2D eigenvalue weighted by Crippen LogP contribution is 2.31. The Morgan fingerprint density at radius 3 is 2.13 bits per heavy atom. The Balaban J connectivity index is 2.06. The van der Waals surface area contributed by atoms with Gasteiger partial charge in [-0.15, -0.1) is 0 Å². The van der Waals surface area contributed by atoms with Crippen molar-refractivity contribution in [1.29, 1.82) is 0 Å². The number of rotatable bonds is 13. The molecule has 0 bridgehead atoms. The molecule has 9 heteroatoms. The number of carbonyl (C=O) groups excluding carboxylic acids is 2. The van der Waals surface area contributed by atoms with E-state index in [4.69, 9.17) is 4.74 Å². The summed E-state index contributed by atoms with van der Waals surface area (Å²) in [6.07, 6.45) is 2.08. The van der Waals surface area contributed by atoms with E-state index < -0.39 is 28.5 Å². The van der Waals surface area contributed by atoms with E-state index in [1.165, 1.54) is 12.0 Å². The van der Waals surface area contributed by atoms with Gasteiger partial charge in [0.1, 0.15) is 18.3 Å². The highest BCUT2D eigenvalue weighted by Gasteiger charge is 2.33. The van der Waals surface area contributed by atoms with Crippen LogP contribution in [0.5, 0.6) is 5.75 Å². The van der Waals surface area contributed by atoms with Crippen molar-refractivity contribution in [1.82, 2.24) is 10.2 Å². The van der Waals surface area contributed by atoms with Crippen LogP contribution >= 0.6 is 0 Å². The number of nitrogens with zero attached hydrogens (tertiary/aromatic N) is 2. The molecule has 3 rings (SSSR count). The smallest absolute Gasteiger partial charge is 0.244 e. The number of carbonyl (C=O) groups is 2. The Bertz CT molecular complexity index is 1350. The standard InChI is InChI=1S/C30H37N3O5S/c1-5-18-31-30(35)27(20-24-12-8-6-9-13-24)32(21-25-14-10-7-11-15-25)29(34)22-33(39(4,36)37)26-19-23(2)16-17-28(26)38-3/h6-17,19,27H,5,18,20-22H2,1-4H3,(H,31,35)/t27-/m0/s1. The van der Waals surface area contributed by atoms with Crippen LogP contribution in [0.4, 0.5) is 5.69 Å². The number of amides is 2. The zero-order valence-corrected chi connectivity index (χ0v) is 23.8. The van der Waals surface area contributed by atoms with Crippen LogP contribution in [-0.2, 0) is 32.6 Å². The molecule has 0 fully saturated rings. The van der Waals surface area contributed by atoms with E-state index in [1.807, 2.05) is 74.5 Å². The van der Waals surface area contributed by atoms with Crippen LogP contribution in [0.2, 0.25) is 0 Å². The molecule has 0 aliphatic carbocycles. The van der Waals surface area contributed by atoms with E-state index in [9.17, 15) is 18.0 Å². The number of hydrogen-bond donors (Lipinski definition) is 1. The summed E-state index contributed by atoms with van der Waals surface area (Å²) in [5, 5.41) is 2.93. The van der Waals surface area contributed by atoms with Gasteiger partial charge in [0.25, 0.3) is 0 Å². The van der Waals surface area contributed by atoms with Gasteiger partial charge >= 0.3 is 0 Å². The number of ether oxygens (including phenoxy) is 1. The topological polar surface area (TPSA) is 96.0 Å². The van der Waals surface area contributed by atoms with E-state index >= 15 is 0 Å². The third kappa shape index (κ3) is 8.32. The van der Waals surface area contributed by atoms with E-state index in [2.05, 4.69) is 5.32 Å². The van der Waals surface area contributed by atoms with Crippen LogP contribution in [0.1, 0.15) is 30.0 Å². The van der Waals surface area contributed by atoms with Crippen LogP contribution in [0, 0.1) is 6.92 Å². The van der Waals surface area contributed by atoms with Gasteiger partial charge in [0.2, 0.25) is 21.8 Å². The average Bonchev–Trinajstić information content (AvgIpc) is 2.92. The Morgan fingerprint density at radius 2 is 1.56 bits per heavy atom. The second kappa shape index (κ2) is 13.8. The molecule has 2 amide bonds. The van der Waals surface area contributed by atoms with Crippen LogP contribution in [-0.4, -0.2) is 57.6 Å². The summed E-state index contributed by atoms with van der Waals surface area (Å²) in [4.78, 5) is 29.0. The van der Waals surface area contributed by atoms with E-state index in [1.54, 1.807) is 18.2 Å². The van der Waals surface area contributed by atoms with Crippen molar-refractivity contribution in [2.24, 2.45) is 0 Å². The minimum absolute atomic E-state index is 0.138. The number of methoxy groups -OCH3 is 1. The summed E-state index contributed by atoms with van der Waals surface area (Å²) in [7, 11) is -2.43. The molecule has 8 nitrogen and oxygen atoms in total. The fourth-order valence-electron chi connectivity index (χ4n) is 4.29. The van der Waals surface area contributed by atoms with E-state index in [0.29, 0.717) is 12.3 Å². The first-order valence-corrected chi connectivity index (χ1v) is 14.8. The summed E-state index contributed by atoms with van der Waals surface area (Å²) >= 11 is 0. The minimum atomic E-state index is -3.88. The fraction of sp³-hybridized carbons (Fsp3) is 0.333. The Labute approximate surface area is 231 Å². The third-order valence-electron chi connectivity index (χ3n) is 6.30. The third-order valence-corrected chi connectivity index (χ3v) is 7.42. The molecule has 0 radical (unpaired) electrons. The van der Waals surface area contributed by atoms with Crippen molar-refractivity contribution in [2.75, 3.05) is 30.8 Å². The van der Waals surface area contributed by atoms with Gasteiger partial charge in [-0.05, 0) is 42.2 Å². The number of anilines is 1. The first-order chi connectivity index (χ1) is 18.6. The predicted molar refractivity (Wildman–Crippen MR) is 154 cm³/mol. The second-order valence-corrected chi connectivity index (χ2v) is 11.4. The SMILES string of the molecule is CCCNC(=O)[C@H](Cc1ccccc1)N(Cc1ccccc1)C(=O)CN(c1cc(C)ccc1OC)S(C)(=O)=O. The first-order valence-electron chi connectivity index (χ1n) is 12.9. The molecule has 0 aliphatic heterocycles. The average molecular weight is 552 g/mol. The molecule has 0 aromatic heterocycles. The van der Waals surface area contributed by atoms with Gasteiger partial charge in [-0.25, -0.2) is 8.42 Å². The molecule has 3 aromatic rings. The van der Waals surface area contributed by atoms with Gasteiger partial charge in [-0.3, -0.25) is 13.9 Å². The van der Waals surface area contributed by atoms with Crippen molar-refractivity contribution < 1.29 is 22.7 Å². The van der Waals surface area contributed by atoms with Crippen LogP contribution in [0.3, 0.4) is 0 Å². The molecular weight excluding hydrogens is 514 g/mol. The Hall–Kier alpha value is -3.85. The Morgan fingerprint density at radius 1 is 0.949 bits per heavy atom. The van der Waals surface area contributed by atoms with Gasteiger partial charge in [0.15, 0.2) is 0 Å². The summed E-state index contributed by atoms with van der Waals surface area (Å²) in [6, 6.07) is 23.1. The number of benzene rings is 3. The molecule has 208 valence electrons. The fourth-order valence-corrected chi connectivity index (χ4v) is 5.13. The first kappa shape index (κ1) is 29.7. The molecule has 0 heterocycles. The summed E-state index contributed by atoms with van der Waals surface area (Å²) in [6.45, 7) is 3.91. The van der Waals surface area contributed by atoms with Crippen LogP contribution in [0.15, 0.2) is 78.9 Å². The Kier molecular flexibility index (Phi) is 10.5. The predicted octanol–water partition coefficient (Wildman–Crippen LogP) is 3.94. The van der Waals surface area contributed by atoms with Gasteiger partial charge in [-0.2, -0.15) is 0 Å². The molecular formula is C30H37N3O5S. The highest BCUT2D eigenvalue weighted by atomic mass is 32.2. The van der Waals surface area contributed by atoms with Crippen molar-refractivity contribution in [2.45, 2.75) is 39.3 Å². The minimum Gasteiger partial charge on any atom is -0.495 e. The van der Waals surface area contributed by atoms with Gasteiger partial charge in [0.05, 0.1) is 19.1 Å². The molecule has 0 saturated heterocycles. The van der Waals surface area contributed by atoms with Crippen molar-refractivity contribution in [3.8, 4) is 5.75 Å². The second-order valence-electron chi connectivity index (χ2n) is 9.45. The number of nitrogens with one attached hydrogen (secondary N) is 1. The maximum absolute atomic E-state index is 14.1. The molecule has 3 aromatic carbocycles. The zero-order chi connectivity index (χ0) is 28.4. The highest BCUT2D eigenvalue weighted by molar-refractivity contribution is 7.92. The van der Waals surface area contributed by atoms with Crippen molar-refractivity contribution >= 4 is 27.5 Å². The number of hydrogen-bond acceptors (Lipinski definition) is 5. The normalized spacial score (nSPS) is 11.9. The van der Waals surface area contributed by atoms with Gasteiger partial charge < -0.3 is 15.0 Å². The van der Waals surface area contributed by atoms with Crippen molar-refractivity contribution in [3.05, 3.63) is 95.6 Å². The maximum Gasteiger partial charge on any atom is 0.244 e. The van der Waals surface area contributed by atoms with E-state index in [0.717, 1.165) is 33.7 Å². The monoisotopic (exact) mass is 551 g/mol. The quantitative estimate of drug-likeness (QED) is 0.347. The van der Waals surface area contributed by atoms with Crippen LogP contribution in [0.25, 0.3) is 0 Å². The summed E-state index contributed by atoms with van der Waals surface area (Å²) in [5.74, 6) is -0.459. The molecule has 39 heavy (non-hydrogen) atoms. The molecule has 0 unspecified atom stereocenters. The summed E-state index contributed by atoms with van der Waals surface area (Å²) < 4.78 is 32.4. The molecule has 0 saturated carbocycles. The molecule has 0 aliphatic rings. The lowest BCUT2D eigenvalue weighted by molar-refractivity contribution is -0.140. The van der Waals surface area contributed by atoms with Crippen LogP contribution < -0.4 is 14.4 Å². The number of sulfonamides is 1. The molecule has 1 atom stereocenters. The lowest BCUT2D eigenvalue weighted by Gasteiger charge is -2.33.